The summed E-state index contributed by atoms with van der Waals surface area (Å²) in [5, 5.41) is 3.93. The Kier molecular flexibility index (Phi) is 3.76. The number of fused-ring (bicyclic) bond motifs is 1. The minimum atomic E-state index is 0.523. The number of nitrogens with one attached hydrogen (secondary N) is 1. The van der Waals surface area contributed by atoms with Crippen LogP contribution in [0.2, 0.25) is 0 Å². The average molecular weight is 273 g/mol. The molecule has 0 amide bonds. The molecule has 1 fully saturated rings. The first-order chi connectivity index (χ1) is 9.57. The molecular weight excluding hydrogens is 246 g/mol. The van der Waals surface area contributed by atoms with E-state index in [1.165, 1.54) is 49.7 Å². The second-order valence-corrected chi connectivity index (χ2v) is 7.28. The van der Waals surface area contributed by atoms with Gasteiger partial charge in [0.05, 0.1) is 7.11 Å². The highest BCUT2D eigenvalue weighted by Crippen LogP contribution is 2.39. The van der Waals surface area contributed by atoms with Gasteiger partial charge in [-0.1, -0.05) is 19.9 Å². The van der Waals surface area contributed by atoms with Crippen LogP contribution in [0, 0.1) is 5.41 Å². The molecule has 20 heavy (non-hydrogen) atoms. The van der Waals surface area contributed by atoms with E-state index in [9.17, 15) is 0 Å². The molecule has 0 heterocycles. The maximum Gasteiger partial charge on any atom is 0.119 e. The average Bonchev–Trinajstić information content (AvgIpc) is 2.77. The normalized spacial score (nSPS) is 28.1. The number of methoxy groups -OCH3 is 1. The standard InChI is InChI=1S/C18H27NO/c1-18(2)10-9-14(12-18)19-17-6-4-5-13-11-15(20-3)7-8-16(13)17/h7-8,11,14,17,19H,4-6,9-10,12H2,1-3H3. The van der Waals surface area contributed by atoms with Gasteiger partial charge in [-0.3, -0.25) is 0 Å². The van der Waals surface area contributed by atoms with Gasteiger partial charge in [0, 0.05) is 12.1 Å². The molecule has 2 unspecified atom stereocenters. The first-order valence-corrected chi connectivity index (χ1v) is 8.00. The van der Waals surface area contributed by atoms with Gasteiger partial charge >= 0.3 is 0 Å². The summed E-state index contributed by atoms with van der Waals surface area (Å²) in [7, 11) is 1.75. The molecule has 0 spiro atoms. The third kappa shape index (κ3) is 2.85. The van der Waals surface area contributed by atoms with Crippen molar-refractivity contribution in [2.75, 3.05) is 7.11 Å². The molecule has 0 aliphatic heterocycles. The molecule has 2 heteroatoms. The van der Waals surface area contributed by atoms with E-state index in [0.29, 0.717) is 17.5 Å². The Morgan fingerprint density at radius 1 is 1.25 bits per heavy atom. The number of ether oxygens (including phenoxy) is 1. The summed E-state index contributed by atoms with van der Waals surface area (Å²) in [4.78, 5) is 0. The van der Waals surface area contributed by atoms with E-state index in [1.807, 2.05) is 0 Å². The molecular formula is C18H27NO. The molecule has 0 radical (unpaired) electrons. The van der Waals surface area contributed by atoms with E-state index in [4.69, 9.17) is 4.74 Å². The maximum atomic E-state index is 5.36. The number of aryl methyl sites for hydroxylation is 1. The van der Waals surface area contributed by atoms with E-state index >= 15 is 0 Å². The van der Waals surface area contributed by atoms with E-state index in [-0.39, 0.29) is 0 Å². The third-order valence-electron chi connectivity index (χ3n) is 5.07. The van der Waals surface area contributed by atoms with Crippen LogP contribution < -0.4 is 10.1 Å². The van der Waals surface area contributed by atoms with Crippen molar-refractivity contribution in [1.82, 2.24) is 5.32 Å². The van der Waals surface area contributed by atoms with Crippen molar-refractivity contribution < 1.29 is 4.74 Å². The van der Waals surface area contributed by atoms with Gasteiger partial charge in [-0.05, 0) is 67.2 Å². The number of hydrogen-bond acceptors (Lipinski definition) is 2. The van der Waals surface area contributed by atoms with Crippen molar-refractivity contribution in [2.45, 2.75) is 64.5 Å². The lowest BCUT2D eigenvalue weighted by molar-refractivity contribution is 0.342. The molecule has 0 bridgehead atoms. The zero-order chi connectivity index (χ0) is 14.2. The Morgan fingerprint density at radius 3 is 2.80 bits per heavy atom. The maximum absolute atomic E-state index is 5.36. The molecule has 0 aromatic heterocycles. The van der Waals surface area contributed by atoms with Gasteiger partial charge in [-0.2, -0.15) is 0 Å². The highest BCUT2D eigenvalue weighted by molar-refractivity contribution is 5.39. The van der Waals surface area contributed by atoms with Crippen LogP contribution in [-0.4, -0.2) is 13.2 Å². The van der Waals surface area contributed by atoms with Gasteiger partial charge in [0.1, 0.15) is 5.75 Å². The number of benzene rings is 1. The summed E-state index contributed by atoms with van der Waals surface area (Å²) < 4.78 is 5.36. The van der Waals surface area contributed by atoms with Crippen LogP contribution in [0.15, 0.2) is 18.2 Å². The zero-order valence-electron chi connectivity index (χ0n) is 13.0. The van der Waals surface area contributed by atoms with E-state index in [2.05, 4.69) is 37.4 Å². The van der Waals surface area contributed by atoms with Crippen molar-refractivity contribution >= 4 is 0 Å². The summed E-state index contributed by atoms with van der Waals surface area (Å²) in [6.45, 7) is 4.79. The van der Waals surface area contributed by atoms with Crippen LogP contribution in [0.25, 0.3) is 0 Å². The van der Waals surface area contributed by atoms with E-state index < -0.39 is 0 Å². The van der Waals surface area contributed by atoms with Gasteiger partial charge in [0.15, 0.2) is 0 Å². The Balaban J connectivity index is 1.74. The molecule has 1 N–H and O–H groups in total. The lowest BCUT2D eigenvalue weighted by Gasteiger charge is -2.30. The van der Waals surface area contributed by atoms with Crippen LogP contribution >= 0.6 is 0 Å². The summed E-state index contributed by atoms with van der Waals surface area (Å²) >= 11 is 0. The second-order valence-electron chi connectivity index (χ2n) is 7.28. The smallest absolute Gasteiger partial charge is 0.119 e. The second kappa shape index (κ2) is 5.40. The van der Waals surface area contributed by atoms with Crippen molar-refractivity contribution in [3.8, 4) is 5.75 Å². The Hall–Kier alpha value is -1.02. The summed E-state index contributed by atoms with van der Waals surface area (Å²) in [6.07, 6.45) is 7.75. The van der Waals surface area contributed by atoms with Crippen LogP contribution in [0.5, 0.6) is 5.75 Å². The van der Waals surface area contributed by atoms with E-state index in [0.717, 1.165) is 5.75 Å². The van der Waals surface area contributed by atoms with E-state index in [1.54, 1.807) is 7.11 Å². The van der Waals surface area contributed by atoms with Gasteiger partial charge in [-0.15, -0.1) is 0 Å². The van der Waals surface area contributed by atoms with Crippen molar-refractivity contribution in [1.29, 1.82) is 0 Å². The van der Waals surface area contributed by atoms with Gasteiger partial charge in [-0.25, -0.2) is 0 Å². The minimum absolute atomic E-state index is 0.523. The van der Waals surface area contributed by atoms with Gasteiger partial charge < -0.3 is 10.1 Å². The lowest BCUT2D eigenvalue weighted by Crippen LogP contribution is -2.33. The van der Waals surface area contributed by atoms with Gasteiger partial charge in [0.25, 0.3) is 0 Å². The fourth-order valence-corrected chi connectivity index (χ4v) is 3.95. The number of hydrogen-bond donors (Lipinski definition) is 1. The molecule has 2 aliphatic carbocycles. The predicted octanol–water partition coefficient (Wildman–Crippen LogP) is 4.24. The highest BCUT2D eigenvalue weighted by atomic mass is 16.5. The van der Waals surface area contributed by atoms with Gasteiger partial charge in [0.2, 0.25) is 0 Å². The van der Waals surface area contributed by atoms with Crippen molar-refractivity contribution in [3.63, 3.8) is 0 Å². The summed E-state index contributed by atoms with van der Waals surface area (Å²) in [5.74, 6) is 0.992. The van der Waals surface area contributed by atoms with Crippen LogP contribution in [0.3, 0.4) is 0 Å². The molecule has 3 rings (SSSR count). The SMILES string of the molecule is COc1ccc2c(c1)CCCC2NC1CCC(C)(C)C1. The van der Waals surface area contributed by atoms with Crippen molar-refractivity contribution in [2.24, 2.45) is 5.41 Å². The first kappa shape index (κ1) is 13.9. The first-order valence-electron chi connectivity index (χ1n) is 8.00. The predicted molar refractivity (Wildman–Crippen MR) is 83.2 cm³/mol. The van der Waals surface area contributed by atoms with Crippen LogP contribution in [0.1, 0.15) is 63.1 Å². The van der Waals surface area contributed by atoms with Crippen LogP contribution in [0.4, 0.5) is 0 Å². The Morgan fingerprint density at radius 2 is 2.10 bits per heavy atom. The topological polar surface area (TPSA) is 21.3 Å². The zero-order valence-corrected chi connectivity index (χ0v) is 13.0. The fourth-order valence-electron chi connectivity index (χ4n) is 3.95. The molecule has 0 saturated heterocycles. The summed E-state index contributed by atoms with van der Waals surface area (Å²) in [5.41, 5.74) is 3.50. The minimum Gasteiger partial charge on any atom is -0.497 e. The monoisotopic (exact) mass is 273 g/mol. The molecule has 110 valence electrons. The lowest BCUT2D eigenvalue weighted by atomic mass is 9.86. The summed E-state index contributed by atoms with van der Waals surface area (Å²) in [6, 6.07) is 7.84. The largest absolute Gasteiger partial charge is 0.497 e. The molecule has 2 atom stereocenters. The third-order valence-corrected chi connectivity index (χ3v) is 5.07. The Labute approximate surface area is 122 Å². The molecule has 1 aromatic carbocycles. The molecule has 1 saturated carbocycles. The highest BCUT2D eigenvalue weighted by Gasteiger charge is 2.33. The number of rotatable bonds is 3. The Bertz CT molecular complexity index is 480. The van der Waals surface area contributed by atoms with Crippen LogP contribution in [-0.2, 0) is 6.42 Å². The molecule has 2 nitrogen and oxygen atoms in total. The molecule has 2 aliphatic rings. The fraction of sp³-hybridized carbons (Fsp3) is 0.667. The quantitative estimate of drug-likeness (QED) is 0.889. The van der Waals surface area contributed by atoms with Crippen molar-refractivity contribution in [3.05, 3.63) is 29.3 Å². The molecule has 1 aromatic rings.